The van der Waals surface area contributed by atoms with Crippen LogP contribution in [0.25, 0.3) is 33.8 Å². The highest BCUT2D eigenvalue weighted by Gasteiger charge is 2.35. The van der Waals surface area contributed by atoms with Gasteiger partial charge in [-0.2, -0.15) is 23.3 Å². The van der Waals surface area contributed by atoms with Gasteiger partial charge in [0, 0.05) is 25.8 Å². The molecular formula is C30H28F4N8O3. The van der Waals surface area contributed by atoms with E-state index in [-0.39, 0.29) is 36.0 Å². The zero-order valence-corrected chi connectivity index (χ0v) is 24.4. The maximum Gasteiger partial charge on any atom is 0.434 e. The van der Waals surface area contributed by atoms with E-state index in [9.17, 15) is 13.2 Å². The molecule has 0 amide bonds. The summed E-state index contributed by atoms with van der Waals surface area (Å²) in [5, 5.41) is 5.10. The Hall–Kier alpha value is -4.66. The Kier molecular flexibility index (Phi) is 7.34. The quantitative estimate of drug-likeness (QED) is 0.192. The lowest BCUT2D eigenvalue weighted by atomic mass is 10.1. The topological polar surface area (TPSA) is 115 Å². The molecule has 5 aromatic rings. The van der Waals surface area contributed by atoms with E-state index in [2.05, 4.69) is 20.1 Å². The van der Waals surface area contributed by atoms with Crippen LogP contribution in [0, 0.1) is 5.82 Å². The van der Waals surface area contributed by atoms with Crippen molar-refractivity contribution in [2.45, 2.75) is 57.0 Å². The molecule has 11 nitrogen and oxygen atoms in total. The van der Waals surface area contributed by atoms with E-state index in [1.165, 1.54) is 32.6 Å². The monoisotopic (exact) mass is 624 g/mol. The Balaban J connectivity index is 1.25. The molecule has 0 radical (unpaired) electrons. The fourth-order valence-corrected chi connectivity index (χ4v) is 5.50. The molecule has 0 N–H and O–H groups in total. The first-order valence-electron chi connectivity index (χ1n) is 14.5. The largest absolute Gasteiger partial charge is 0.480 e. The molecule has 0 bridgehead atoms. The number of alkyl halides is 3. The van der Waals surface area contributed by atoms with Crippen LogP contribution < -0.4 is 9.47 Å². The average Bonchev–Trinajstić information content (AvgIpc) is 3.67. The smallest absolute Gasteiger partial charge is 0.434 e. The van der Waals surface area contributed by atoms with E-state index in [1.54, 1.807) is 16.9 Å². The minimum atomic E-state index is -4.64. The highest BCUT2D eigenvalue weighted by molar-refractivity contribution is 5.83. The molecular weight excluding hydrogens is 596 g/mol. The van der Waals surface area contributed by atoms with Gasteiger partial charge in [0.25, 0.3) is 0 Å². The Labute approximate surface area is 254 Å². The predicted octanol–water partition coefficient (Wildman–Crippen LogP) is 6.01. The van der Waals surface area contributed by atoms with Crippen molar-refractivity contribution in [1.29, 1.82) is 0 Å². The van der Waals surface area contributed by atoms with Gasteiger partial charge in [-0.25, -0.2) is 29.0 Å². The SMILES string of the molecule is COc1ncnc(C2CC2)c1-c1nc(OCc2ccc(-c3nc(C(F)(F)F)cn3C)c(F)c2)c2cnn(C3CCCCO3)c2n1. The van der Waals surface area contributed by atoms with E-state index in [4.69, 9.17) is 24.2 Å². The average molecular weight is 625 g/mol. The lowest BCUT2D eigenvalue weighted by molar-refractivity contribution is -0.140. The molecule has 2 aliphatic rings. The number of aromatic nitrogens is 8. The van der Waals surface area contributed by atoms with Crippen molar-refractivity contribution in [3.8, 4) is 34.5 Å². The molecule has 1 aliphatic heterocycles. The summed E-state index contributed by atoms with van der Waals surface area (Å²) in [6.45, 7) is 0.511. The molecule has 1 saturated heterocycles. The number of rotatable bonds is 8. The molecule has 15 heteroatoms. The van der Waals surface area contributed by atoms with Gasteiger partial charge in [-0.05, 0) is 49.8 Å². The van der Waals surface area contributed by atoms with Crippen molar-refractivity contribution in [3.63, 3.8) is 0 Å². The number of imidazole rings is 1. The standard InChI is InChI=1S/C30H28F4N8O3/c1-41-13-21(30(32,33)34)38-26(41)18-9-6-16(11-20(18)31)14-45-28-19-12-37-42(22-5-3-4-10-44-22)27(19)39-25(40-28)23-24(17-7-8-17)35-15-36-29(23)43-2/h6,9,11-13,15,17,22H,3-5,7-8,10,14H2,1-2H3. The number of fused-ring (bicyclic) bond motifs is 1. The second-order valence-corrected chi connectivity index (χ2v) is 11.1. The zero-order valence-electron chi connectivity index (χ0n) is 24.4. The molecule has 1 aliphatic carbocycles. The van der Waals surface area contributed by atoms with E-state index in [1.807, 2.05) is 0 Å². The van der Waals surface area contributed by atoms with Crippen LogP contribution in [-0.4, -0.2) is 53.0 Å². The normalized spacial score (nSPS) is 17.2. The first-order chi connectivity index (χ1) is 21.7. The highest BCUT2D eigenvalue weighted by atomic mass is 19.4. The fourth-order valence-electron chi connectivity index (χ4n) is 5.50. The maximum absolute atomic E-state index is 15.2. The Bertz CT molecular complexity index is 1880. The molecule has 1 atom stereocenters. The van der Waals surface area contributed by atoms with Gasteiger partial charge in [0.15, 0.2) is 23.4 Å². The minimum Gasteiger partial charge on any atom is -0.480 e. The zero-order chi connectivity index (χ0) is 31.3. The van der Waals surface area contributed by atoms with Crippen LogP contribution in [0.2, 0.25) is 0 Å². The van der Waals surface area contributed by atoms with Gasteiger partial charge in [0.2, 0.25) is 11.8 Å². The molecule has 45 heavy (non-hydrogen) atoms. The number of benzene rings is 1. The summed E-state index contributed by atoms with van der Waals surface area (Å²) in [4.78, 5) is 22.0. The Morgan fingerprint density at radius 1 is 1.04 bits per heavy atom. The maximum atomic E-state index is 15.2. The van der Waals surface area contributed by atoms with Crippen molar-refractivity contribution < 1.29 is 31.8 Å². The number of hydrogen-bond acceptors (Lipinski definition) is 9. The van der Waals surface area contributed by atoms with E-state index in [0.29, 0.717) is 40.5 Å². The number of aryl methyl sites for hydroxylation is 1. The molecule has 2 fully saturated rings. The van der Waals surface area contributed by atoms with E-state index in [0.717, 1.165) is 48.6 Å². The summed E-state index contributed by atoms with van der Waals surface area (Å²) in [5.74, 6) is 0.184. The minimum absolute atomic E-state index is 0.0685. The second kappa shape index (κ2) is 11.4. The summed E-state index contributed by atoms with van der Waals surface area (Å²) in [5.41, 5.74) is 1.10. The second-order valence-electron chi connectivity index (χ2n) is 11.1. The molecule has 4 aromatic heterocycles. The fraction of sp³-hybridized carbons (Fsp3) is 0.400. The van der Waals surface area contributed by atoms with Crippen molar-refractivity contribution >= 4 is 11.0 Å². The van der Waals surface area contributed by atoms with Crippen molar-refractivity contribution in [3.05, 3.63) is 59.7 Å². The van der Waals surface area contributed by atoms with Gasteiger partial charge >= 0.3 is 6.18 Å². The van der Waals surface area contributed by atoms with Crippen LogP contribution in [0.4, 0.5) is 17.6 Å². The summed E-state index contributed by atoms with van der Waals surface area (Å²) in [6.07, 6.45) is 3.60. The van der Waals surface area contributed by atoms with Gasteiger partial charge in [-0.1, -0.05) is 6.07 Å². The van der Waals surface area contributed by atoms with E-state index < -0.39 is 17.7 Å². The molecule has 7 rings (SSSR count). The highest BCUT2D eigenvalue weighted by Crippen LogP contribution is 2.45. The van der Waals surface area contributed by atoms with Crippen molar-refractivity contribution in [2.75, 3.05) is 13.7 Å². The predicted molar refractivity (Wildman–Crippen MR) is 152 cm³/mol. The van der Waals surface area contributed by atoms with E-state index >= 15 is 4.39 Å². The van der Waals surface area contributed by atoms with Crippen LogP contribution in [-0.2, 0) is 24.6 Å². The van der Waals surface area contributed by atoms with Crippen molar-refractivity contribution in [1.82, 2.24) is 39.3 Å². The van der Waals surface area contributed by atoms with Crippen LogP contribution in [0.15, 0.2) is 36.9 Å². The number of halogens is 4. The number of hydrogen-bond donors (Lipinski definition) is 0. The van der Waals surface area contributed by atoms with Crippen LogP contribution in [0.5, 0.6) is 11.8 Å². The van der Waals surface area contributed by atoms with Crippen molar-refractivity contribution in [2.24, 2.45) is 7.05 Å². The van der Waals surface area contributed by atoms with Gasteiger partial charge in [-0.15, -0.1) is 0 Å². The Morgan fingerprint density at radius 2 is 1.89 bits per heavy atom. The van der Waals surface area contributed by atoms with Gasteiger partial charge in [0.05, 0.1) is 24.6 Å². The first-order valence-corrected chi connectivity index (χ1v) is 14.5. The number of ether oxygens (including phenoxy) is 3. The van der Waals surface area contributed by atoms with Gasteiger partial charge in [0.1, 0.15) is 35.5 Å². The van der Waals surface area contributed by atoms with Crippen LogP contribution in [0.3, 0.4) is 0 Å². The van der Waals surface area contributed by atoms with Crippen LogP contribution >= 0.6 is 0 Å². The molecule has 5 heterocycles. The summed E-state index contributed by atoms with van der Waals surface area (Å²) in [7, 11) is 2.90. The summed E-state index contributed by atoms with van der Waals surface area (Å²) >= 11 is 0. The molecule has 1 aromatic carbocycles. The third-order valence-corrected chi connectivity index (χ3v) is 7.89. The third-order valence-electron chi connectivity index (χ3n) is 7.89. The van der Waals surface area contributed by atoms with Crippen LogP contribution in [0.1, 0.15) is 61.2 Å². The lowest BCUT2D eigenvalue weighted by Crippen LogP contribution is -2.19. The molecule has 1 saturated carbocycles. The number of nitrogens with zero attached hydrogens (tertiary/aromatic N) is 8. The Morgan fingerprint density at radius 3 is 2.58 bits per heavy atom. The first kappa shape index (κ1) is 29.1. The molecule has 0 spiro atoms. The molecule has 1 unspecified atom stereocenters. The van der Waals surface area contributed by atoms with Gasteiger partial charge < -0.3 is 18.8 Å². The molecule has 234 valence electrons. The number of methoxy groups -OCH3 is 1. The third kappa shape index (κ3) is 5.56. The summed E-state index contributed by atoms with van der Waals surface area (Å²) < 4.78 is 75.3. The van der Waals surface area contributed by atoms with Gasteiger partial charge in [-0.3, -0.25) is 0 Å². The lowest BCUT2D eigenvalue weighted by Gasteiger charge is -2.23. The summed E-state index contributed by atoms with van der Waals surface area (Å²) in [6, 6.07) is 4.15.